The molecule has 2 heterocycles. The van der Waals surface area contributed by atoms with E-state index in [0.29, 0.717) is 6.04 Å². The summed E-state index contributed by atoms with van der Waals surface area (Å²) >= 11 is 0. The van der Waals surface area contributed by atoms with Crippen molar-refractivity contribution in [1.82, 2.24) is 4.98 Å². The van der Waals surface area contributed by atoms with E-state index in [2.05, 4.69) is 28.6 Å². The number of pyridine rings is 1. The predicted molar refractivity (Wildman–Crippen MR) is 71.4 cm³/mol. The molecule has 1 saturated carbocycles. The van der Waals surface area contributed by atoms with Crippen LogP contribution in [0.2, 0.25) is 0 Å². The lowest BCUT2D eigenvalue weighted by atomic mass is 9.83. The molecule has 3 nitrogen and oxygen atoms in total. The molecule has 0 radical (unpaired) electrons. The zero-order chi connectivity index (χ0) is 11.7. The van der Waals surface area contributed by atoms with Crippen molar-refractivity contribution in [3.63, 3.8) is 0 Å². The van der Waals surface area contributed by atoms with E-state index in [9.17, 15) is 0 Å². The van der Waals surface area contributed by atoms with Crippen LogP contribution in [-0.4, -0.2) is 17.6 Å². The predicted octanol–water partition coefficient (Wildman–Crippen LogP) is 3.18. The fourth-order valence-corrected chi connectivity index (χ4v) is 3.15. The van der Waals surface area contributed by atoms with E-state index in [-0.39, 0.29) is 0 Å². The van der Waals surface area contributed by atoms with Crippen molar-refractivity contribution in [3.8, 4) is 0 Å². The van der Waals surface area contributed by atoms with Crippen molar-refractivity contribution in [1.29, 1.82) is 0 Å². The number of aromatic nitrogens is 1. The molecule has 3 rings (SSSR count). The Morgan fingerprint density at radius 1 is 1.24 bits per heavy atom. The van der Waals surface area contributed by atoms with E-state index in [1.807, 2.05) is 6.20 Å². The molecule has 1 fully saturated rings. The molecular formula is C14H21N3. The summed E-state index contributed by atoms with van der Waals surface area (Å²) in [6.07, 6.45) is 8.87. The van der Waals surface area contributed by atoms with Crippen LogP contribution in [0.15, 0.2) is 12.3 Å². The molecule has 0 amide bonds. The van der Waals surface area contributed by atoms with Gasteiger partial charge >= 0.3 is 0 Å². The lowest BCUT2D eigenvalue weighted by Crippen LogP contribution is -2.40. The summed E-state index contributed by atoms with van der Waals surface area (Å²) in [6.45, 7) is 3.18. The Hall–Kier alpha value is -1.25. The van der Waals surface area contributed by atoms with Crippen LogP contribution in [0.4, 0.5) is 11.5 Å². The second-order valence-electron chi connectivity index (χ2n) is 5.38. The molecule has 2 aliphatic rings. The van der Waals surface area contributed by atoms with Gasteiger partial charge in [-0.2, -0.15) is 0 Å². The molecule has 0 bridgehead atoms. The van der Waals surface area contributed by atoms with E-state index >= 15 is 0 Å². The number of aryl methyl sites for hydroxylation is 1. The minimum Gasteiger partial charge on any atom is -0.380 e. The monoisotopic (exact) mass is 231 g/mol. The van der Waals surface area contributed by atoms with Crippen molar-refractivity contribution >= 4 is 11.5 Å². The first-order valence-electron chi connectivity index (χ1n) is 6.80. The van der Waals surface area contributed by atoms with Crippen LogP contribution in [0, 0.1) is 12.8 Å². The molecule has 1 unspecified atom stereocenters. The SMILES string of the molecule is Cc1ccnc2c1NCC(C1CCCCC1)N2. The van der Waals surface area contributed by atoms with Crippen molar-refractivity contribution in [2.45, 2.75) is 45.1 Å². The maximum atomic E-state index is 4.45. The van der Waals surface area contributed by atoms with Crippen molar-refractivity contribution in [2.24, 2.45) is 5.92 Å². The Morgan fingerprint density at radius 2 is 2.06 bits per heavy atom. The summed E-state index contributed by atoms with van der Waals surface area (Å²) < 4.78 is 0. The third-order valence-corrected chi connectivity index (χ3v) is 4.20. The topological polar surface area (TPSA) is 37.0 Å². The van der Waals surface area contributed by atoms with E-state index in [0.717, 1.165) is 18.3 Å². The molecule has 0 saturated heterocycles. The third-order valence-electron chi connectivity index (χ3n) is 4.20. The first kappa shape index (κ1) is 10.9. The molecule has 92 valence electrons. The summed E-state index contributed by atoms with van der Waals surface area (Å²) in [5.74, 6) is 1.87. The van der Waals surface area contributed by atoms with Gasteiger partial charge in [0.15, 0.2) is 0 Å². The number of nitrogens with zero attached hydrogens (tertiary/aromatic N) is 1. The summed E-state index contributed by atoms with van der Waals surface area (Å²) in [5.41, 5.74) is 2.48. The van der Waals surface area contributed by atoms with E-state index in [4.69, 9.17) is 0 Å². The number of fused-ring (bicyclic) bond motifs is 1. The largest absolute Gasteiger partial charge is 0.380 e. The van der Waals surface area contributed by atoms with Gasteiger partial charge in [0.1, 0.15) is 5.82 Å². The summed E-state index contributed by atoms with van der Waals surface area (Å²) in [5, 5.41) is 7.19. The molecule has 0 spiro atoms. The quantitative estimate of drug-likeness (QED) is 0.779. The second kappa shape index (κ2) is 4.55. The van der Waals surface area contributed by atoms with E-state index in [1.54, 1.807) is 0 Å². The van der Waals surface area contributed by atoms with Gasteiger partial charge in [-0.05, 0) is 37.3 Å². The molecule has 1 aromatic heterocycles. The maximum Gasteiger partial charge on any atom is 0.149 e. The van der Waals surface area contributed by atoms with Crippen LogP contribution in [0.25, 0.3) is 0 Å². The van der Waals surface area contributed by atoms with Gasteiger partial charge in [-0.15, -0.1) is 0 Å². The van der Waals surface area contributed by atoms with Crippen LogP contribution in [-0.2, 0) is 0 Å². The Labute approximate surface area is 103 Å². The number of nitrogens with one attached hydrogen (secondary N) is 2. The van der Waals surface area contributed by atoms with Crippen LogP contribution < -0.4 is 10.6 Å². The summed E-state index contributed by atoms with van der Waals surface area (Å²) in [4.78, 5) is 4.45. The Balaban J connectivity index is 1.76. The number of rotatable bonds is 1. The van der Waals surface area contributed by atoms with Crippen LogP contribution in [0.1, 0.15) is 37.7 Å². The van der Waals surface area contributed by atoms with Gasteiger partial charge in [0, 0.05) is 18.8 Å². The number of anilines is 2. The van der Waals surface area contributed by atoms with Crippen molar-refractivity contribution < 1.29 is 0 Å². The van der Waals surface area contributed by atoms with E-state index in [1.165, 1.54) is 43.4 Å². The zero-order valence-corrected chi connectivity index (χ0v) is 10.5. The smallest absolute Gasteiger partial charge is 0.149 e. The molecule has 1 aliphatic carbocycles. The van der Waals surface area contributed by atoms with Crippen LogP contribution >= 0.6 is 0 Å². The lowest BCUT2D eigenvalue weighted by Gasteiger charge is -2.35. The van der Waals surface area contributed by atoms with Gasteiger partial charge in [-0.25, -0.2) is 4.98 Å². The third kappa shape index (κ3) is 2.11. The fraction of sp³-hybridized carbons (Fsp3) is 0.643. The normalized spacial score (nSPS) is 24.6. The fourth-order valence-electron chi connectivity index (χ4n) is 3.15. The first-order valence-corrected chi connectivity index (χ1v) is 6.80. The number of hydrogen-bond donors (Lipinski definition) is 2. The minimum atomic E-state index is 0.567. The molecule has 17 heavy (non-hydrogen) atoms. The highest BCUT2D eigenvalue weighted by atomic mass is 15.1. The first-order chi connectivity index (χ1) is 8.34. The number of hydrogen-bond acceptors (Lipinski definition) is 3. The molecule has 1 atom stereocenters. The molecule has 3 heteroatoms. The molecule has 1 aliphatic heterocycles. The standard InChI is InChI=1S/C14H21N3/c1-10-7-8-15-14-13(10)16-9-12(17-14)11-5-3-2-4-6-11/h7-8,11-12,16H,2-6,9H2,1H3,(H,15,17). The molecule has 2 N–H and O–H groups in total. The van der Waals surface area contributed by atoms with Gasteiger partial charge in [0.25, 0.3) is 0 Å². The van der Waals surface area contributed by atoms with Gasteiger partial charge < -0.3 is 10.6 Å². The average molecular weight is 231 g/mol. The summed E-state index contributed by atoms with van der Waals surface area (Å²) in [7, 11) is 0. The van der Waals surface area contributed by atoms with Crippen molar-refractivity contribution in [3.05, 3.63) is 17.8 Å². The van der Waals surface area contributed by atoms with Crippen LogP contribution in [0.5, 0.6) is 0 Å². The highest BCUT2D eigenvalue weighted by Crippen LogP contribution is 2.33. The highest BCUT2D eigenvalue weighted by molar-refractivity contribution is 5.70. The molecular weight excluding hydrogens is 210 g/mol. The van der Waals surface area contributed by atoms with Crippen LogP contribution in [0.3, 0.4) is 0 Å². The maximum absolute atomic E-state index is 4.45. The Morgan fingerprint density at radius 3 is 2.88 bits per heavy atom. The van der Waals surface area contributed by atoms with Gasteiger partial charge in [-0.3, -0.25) is 0 Å². The van der Waals surface area contributed by atoms with E-state index < -0.39 is 0 Å². The Kier molecular flexibility index (Phi) is 2.91. The second-order valence-corrected chi connectivity index (χ2v) is 5.38. The Bertz CT molecular complexity index is 396. The van der Waals surface area contributed by atoms with Gasteiger partial charge in [0.2, 0.25) is 0 Å². The summed E-state index contributed by atoms with van der Waals surface area (Å²) in [6, 6.07) is 2.63. The molecule has 1 aromatic rings. The van der Waals surface area contributed by atoms with Gasteiger partial charge in [0.05, 0.1) is 5.69 Å². The van der Waals surface area contributed by atoms with Gasteiger partial charge in [-0.1, -0.05) is 19.3 Å². The molecule has 0 aromatic carbocycles. The zero-order valence-electron chi connectivity index (χ0n) is 10.5. The average Bonchev–Trinajstić information content (AvgIpc) is 2.40. The highest BCUT2D eigenvalue weighted by Gasteiger charge is 2.27. The lowest BCUT2D eigenvalue weighted by molar-refractivity contribution is 0.321. The minimum absolute atomic E-state index is 0.567. The van der Waals surface area contributed by atoms with Crippen molar-refractivity contribution in [2.75, 3.05) is 17.2 Å².